The molecule has 2 saturated heterocycles. The summed E-state index contributed by atoms with van der Waals surface area (Å²) in [6.07, 6.45) is 8.71. The molecule has 0 radical (unpaired) electrons. The Kier molecular flexibility index (Phi) is 13.3. The molecule has 344 valence electrons. The maximum atomic E-state index is 14.0. The summed E-state index contributed by atoms with van der Waals surface area (Å²) in [5.74, 6) is -0.506. The molecule has 3 aliphatic rings. The first-order valence-corrected chi connectivity index (χ1v) is 25.4. The second-order valence-corrected chi connectivity index (χ2v) is 22.0. The highest BCUT2D eigenvalue weighted by Crippen LogP contribution is 2.43. The van der Waals surface area contributed by atoms with Gasteiger partial charge in [0.15, 0.2) is 0 Å². The van der Waals surface area contributed by atoms with E-state index in [1.165, 1.54) is 45.4 Å². The number of nitro benzene ring substituents is 1. The number of pyridine rings is 1. The number of nitro groups is 1. The lowest BCUT2D eigenvalue weighted by molar-refractivity contribution is -0.384. The first kappa shape index (κ1) is 46.0. The molecule has 8 rings (SSSR count). The van der Waals surface area contributed by atoms with E-state index < -0.39 is 41.5 Å². The molecule has 0 saturated carbocycles. The predicted octanol–water partition coefficient (Wildman–Crippen LogP) is 7.90. The van der Waals surface area contributed by atoms with Gasteiger partial charge in [0.25, 0.3) is 21.6 Å². The van der Waals surface area contributed by atoms with E-state index in [-0.39, 0.29) is 28.3 Å². The number of halogens is 1. The molecule has 3 aromatic carbocycles. The van der Waals surface area contributed by atoms with E-state index in [9.17, 15) is 31.7 Å². The minimum atomic E-state index is -4.62. The van der Waals surface area contributed by atoms with Crippen LogP contribution < -0.4 is 19.7 Å². The van der Waals surface area contributed by atoms with Crippen molar-refractivity contribution in [3.63, 3.8) is 0 Å². The van der Waals surface area contributed by atoms with Gasteiger partial charge in [-0.1, -0.05) is 43.2 Å². The summed E-state index contributed by atoms with van der Waals surface area (Å²) in [5, 5.41) is 16.7. The molecule has 19 heteroatoms. The summed E-state index contributed by atoms with van der Waals surface area (Å²) in [6.45, 7) is 9.56. The Labute approximate surface area is 384 Å². The number of sulfonamides is 2. The van der Waals surface area contributed by atoms with Crippen molar-refractivity contribution in [2.45, 2.75) is 50.8 Å². The number of fused-ring (bicyclic) bond motifs is 1. The van der Waals surface area contributed by atoms with E-state index in [2.05, 4.69) is 55.8 Å². The van der Waals surface area contributed by atoms with Crippen molar-refractivity contribution in [2.75, 3.05) is 68.8 Å². The molecule has 3 N–H and O–H groups in total. The van der Waals surface area contributed by atoms with Crippen LogP contribution in [0.2, 0.25) is 5.02 Å². The summed E-state index contributed by atoms with van der Waals surface area (Å²) in [4.78, 5) is 37.1. The molecule has 5 aromatic rings. The van der Waals surface area contributed by atoms with E-state index in [1.54, 1.807) is 24.4 Å². The summed E-state index contributed by atoms with van der Waals surface area (Å²) >= 11 is 6.24. The Morgan fingerprint density at radius 3 is 2.42 bits per heavy atom. The number of hydrogen-bond acceptors (Lipinski definition) is 12. The van der Waals surface area contributed by atoms with Crippen LogP contribution in [0.4, 0.5) is 17.1 Å². The molecule has 2 fully saturated rings. The largest absolute Gasteiger partial charge is 0.455 e. The minimum absolute atomic E-state index is 0.0513. The number of hydrogen-bond donors (Lipinski definition) is 3. The average molecular weight is 946 g/mol. The van der Waals surface area contributed by atoms with Gasteiger partial charge in [0, 0.05) is 86.8 Å². The Bertz CT molecular complexity index is 2850. The zero-order valence-electron chi connectivity index (χ0n) is 36.5. The molecule has 2 aromatic heterocycles. The number of nitrogens with one attached hydrogen (secondary N) is 3. The van der Waals surface area contributed by atoms with Crippen LogP contribution in [-0.2, 0) is 20.0 Å². The predicted molar refractivity (Wildman–Crippen MR) is 253 cm³/mol. The number of carbonyl (C=O) groups excluding carboxylic acids is 1. The number of allylic oxidation sites excluding steroid dienone is 1. The van der Waals surface area contributed by atoms with E-state index >= 15 is 0 Å². The van der Waals surface area contributed by atoms with Crippen molar-refractivity contribution >= 4 is 71.2 Å². The van der Waals surface area contributed by atoms with Gasteiger partial charge in [-0.05, 0) is 103 Å². The fourth-order valence-electron chi connectivity index (χ4n) is 8.89. The standard InChI is InChI=1S/C46H53ClN8O8S2/c1-46(2)16-12-34(40(27-46)32-4-6-35(47)7-5-32)30-52-20-22-53(23-21-52)36-8-10-39(43(25-36)63-37-24-33-13-17-48-44(33)50-29-37)45(56)51-65(61,62)38-9-11-41(42(26-38)55(57)58)49-28-31-14-18-54(19-15-31)64(3,59)60/h4-11,13,17,24-26,29,31,49H,12,14-16,18-23,27-28,30H2,1-3H3,(H,48,50)(H,51,56). The SMILES string of the molecule is CC1(C)CCC(CN2CCN(c3ccc(C(=O)NS(=O)(=O)c4ccc(NCC5CCN(S(C)(=O)=O)CC5)c([N+](=O)[O-])c4)c(Oc4cnc5[nH]ccc5c4)c3)CC2)=C(c2ccc(Cl)cc2)C1. The highest BCUT2D eigenvalue weighted by molar-refractivity contribution is 7.90. The number of piperidine rings is 1. The van der Waals surface area contributed by atoms with Crippen LogP contribution in [0.15, 0.2) is 95.7 Å². The summed E-state index contributed by atoms with van der Waals surface area (Å²) < 4.78 is 61.1. The van der Waals surface area contributed by atoms with Crippen LogP contribution in [0.3, 0.4) is 0 Å². The van der Waals surface area contributed by atoms with Crippen LogP contribution in [0.1, 0.15) is 61.9 Å². The van der Waals surface area contributed by atoms with E-state index in [0.717, 1.165) is 67.3 Å². The molecule has 1 aliphatic carbocycles. The van der Waals surface area contributed by atoms with Gasteiger partial charge in [0.1, 0.15) is 22.8 Å². The second kappa shape index (κ2) is 18.8. The number of aromatic nitrogens is 2. The Morgan fingerprint density at radius 2 is 1.71 bits per heavy atom. The minimum Gasteiger partial charge on any atom is -0.455 e. The fourth-order valence-corrected chi connectivity index (χ4v) is 10.9. The number of amides is 1. The topological polar surface area (TPSA) is 200 Å². The number of rotatable bonds is 14. The number of ether oxygens (including phenoxy) is 1. The molecule has 0 atom stereocenters. The Morgan fingerprint density at radius 1 is 0.969 bits per heavy atom. The highest BCUT2D eigenvalue weighted by atomic mass is 35.5. The molecule has 65 heavy (non-hydrogen) atoms. The molecule has 16 nitrogen and oxygen atoms in total. The van der Waals surface area contributed by atoms with Crippen LogP contribution in [0.5, 0.6) is 11.5 Å². The van der Waals surface area contributed by atoms with Crippen molar-refractivity contribution in [1.29, 1.82) is 0 Å². The number of H-pyrrole nitrogens is 1. The molecular formula is C46H53ClN8O8S2. The lowest BCUT2D eigenvalue weighted by Gasteiger charge is -2.39. The molecule has 1 amide bonds. The summed E-state index contributed by atoms with van der Waals surface area (Å²) in [5.41, 5.74) is 5.26. The van der Waals surface area contributed by atoms with Gasteiger partial charge in [0.2, 0.25) is 10.0 Å². The molecular weight excluding hydrogens is 892 g/mol. The van der Waals surface area contributed by atoms with Gasteiger partial charge in [0.05, 0.1) is 27.8 Å². The van der Waals surface area contributed by atoms with Gasteiger partial charge in [-0.2, -0.15) is 0 Å². The third-order valence-electron chi connectivity index (χ3n) is 12.7. The first-order chi connectivity index (χ1) is 30.9. The number of nitrogens with zero attached hydrogens (tertiary/aromatic N) is 5. The van der Waals surface area contributed by atoms with Gasteiger partial charge >= 0.3 is 0 Å². The zero-order valence-corrected chi connectivity index (χ0v) is 38.9. The normalized spacial score (nSPS) is 17.9. The highest BCUT2D eigenvalue weighted by Gasteiger charge is 2.31. The van der Waals surface area contributed by atoms with Crippen molar-refractivity contribution in [1.82, 2.24) is 23.9 Å². The number of benzene rings is 3. The molecule has 2 aliphatic heterocycles. The van der Waals surface area contributed by atoms with E-state index in [1.807, 2.05) is 18.2 Å². The lowest BCUT2D eigenvalue weighted by atomic mass is 9.72. The van der Waals surface area contributed by atoms with E-state index in [0.29, 0.717) is 57.0 Å². The summed E-state index contributed by atoms with van der Waals surface area (Å²) in [7, 11) is -7.92. The van der Waals surface area contributed by atoms with Crippen molar-refractivity contribution in [2.24, 2.45) is 11.3 Å². The Hall–Kier alpha value is -5.53. The summed E-state index contributed by atoms with van der Waals surface area (Å²) in [6, 6.07) is 20.1. The number of piperazine rings is 1. The Balaban J connectivity index is 0.983. The molecule has 4 heterocycles. The quantitative estimate of drug-likeness (QED) is 0.0719. The first-order valence-electron chi connectivity index (χ1n) is 21.6. The number of anilines is 2. The number of aromatic amines is 1. The number of carbonyl (C=O) groups is 1. The molecule has 0 spiro atoms. The lowest BCUT2D eigenvalue weighted by Crippen LogP contribution is -2.47. The zero-order chi connectivity index (χ0) is 46.1. The van der Waals surface area contributed by atoms with Gasteiger partial charge in [-0.3, -0.25) is 19.8 Å². The van der Waals surface area contributed by atoms with Crippen LogP contribution in [0, 0.1) is 21.4 Å². The van der Waals surface area contributed by atoms with Crippen molar-refractivity contribution in [3.8, 4) is 11.5 Å². The monoisotopic (exact) mass is 944 g/mol. The third kappa shape index (κ3) is 11.0. The van der Waals surface area contributed by atoms with Crippen LogP contribution in [-0.4, -0.2) is 105 Å². The third-order valence-corrected chi connectivity index (χ3v) is 15.6. The van der Waals surface area contributed by atoms with Crippen LogP contribution in [0.25, 0.3) is 16.6 Å². The van der Waals surface area contributed by atoms with Crippen LogP contribution >= 0.6 is 11.6 Å². The maximum absolute atomic E-state index is 14.0. The molecule has 0 unspecified atom stereocenters. The second-order valence-electron chi connectivity index (χ2n) is 17.9. The smallest absolute Gasteiger partial charge is 0.293 e. The van der Waals surface area contributed by atoms with Crippen molar-refractivity contribution in [3.05, 3.63) is 117 Å². The van der Waals surface area contributed by atoms with E-state index in [4.69, 9.17) is 16.3 Å². The van der Waals surface area contributed by atoms with Gasteiger partial charge < -0.3 is 19.9 Å². The van der Waals surface area contributed by atoms with Crippen molar-refractivity contribution < 1.29 is 31.3 Å². The fraction of sp³-hybridized carbons (Fsp3) is 0.391. The van der Waals surface area contributed by atoms with Gasteiger partial charge in [-0.15, -0.1) is 0 Å². The maximum Gasteiger partial charge on any atom is 0.293 e. The van der Waals surface area contributed by atoms with Gasteiger partial charge in [-0.25, -0.2) is 30.8 Å². The average Bonchev–Trinajstić information content (AvgIpc) is 3.74. The molecule has 0 bridgehead atoms.